The van der Waals surface area contributed by atoms with Crippen LogP contribution in [0.25, 0.3) is 22.0 Å². The zero-order valence-electron chi connectivity index (χ0n) is 30.9. The molecule has 7 rings (SSSR count). The van der Waals surface area contributed by atoms with Gasteiger partial charge in [-0.05, 0) is 71.1 Å². The summed E-state index contributed by atoms with van der Waals surface area (Å²) in [5.74, 6) is 1.60. The Morgan fingerprint density at radius 2 is 1.23 bits per heavy atom. The molecule has 284 valence electrons. The number of nitrogens with zero attached hydrogens (tertiary/aromatic N) is 6. The van der Waals surface area contributed by atoms with Crippen molar-refractivity contribution in [2.24, 2.45) is 11.5 Å². The van der Waals surface area contributed by atoms with Gasteiger partial charge >= 0.3 is 0 Å². The maximum atomic E-state index is 9.25. The lowest BCUT2D eigenvalue weighted by Gasteiger charge is -2.17. The standard InChI is InChI=1S/C44H36Cl2N8O3/c1-27-32(26-57-44-13-43(34(17-50)11-40(44)46)56-25-31-9-29(15-48)19-52-21-31)4-2-5-36(27)37-6-3-7-41-38(37)22-53-54(41)23-35-12-42(33(16-49)10-39(35)45)55-24-30-8-28(14-47)18-51-20-30/h2-13,18-22H,16-17,23-26,49-50H2,1H3. The Labute approximate surface area is 339 Å². The summed E-state index contributed by atoms with van der Waals surface area (Å²) < 4.78 is 20.5. The second-order valence-electron chi connectivity index (χ2n) is 13.2. The van der Waals surface area contributed by atoms with E-state index in [-0.39, 0.29) is 32.9 Å². The molecule has 0 fully saturated rings. The van der Waals surface area contributed by atoms with Crippen molar-refractivity contribution in [2.75, 3.05) is 0 Å². The summed E-state index contributed by atoms with van der Waals surface area (Å²) in [4.78, 5) is 8.23. The van der Waals surface area contributed by atoms with Gasteiger partial charge in [0.2, 0.25) is 0 Å². The van der Waals surface area contributed by atoms with E-state index >= 15 is 0 Å². The van der Waals surface area contributed by atoms with Gasteiger partial charge in [-0.2, -0.15) is 15.6 Å². The van der Waals surface area contributed by atoms with Crippen molar-refractivity contribution in [1.29, 1.82) is 10.5 Å². The van der Waals surface area contributed by atoms with E-state index in [9.17, 15) is 10.5 Å². The average Bonchev–Trinajstić information content (AvgIpc) is 3.66. The van der Waals surface area contributed by atoms with Crippen molar-refractivity contribution in [3.63, 3.8) is 0 Å². The molecule has 13 heteroatoms. The highest BCUT2D eigenvalue weighted by Crippen LogP contribution is 2.36. The minimum atomic E-state index is 0.196. The number of hydrogen-bond acceptors (Lipinski definition) is 10. The Morgan fingerprint density at radius 3 is 1.88 bits per heavy atom. The normalized spacial score (nSPS) is 10.9. The number of aromatic nitrogens is 4. The van der Waals surface area contributed by atoms with Crippen LogP contribution in [0.5, 0.6) is 17.2 Å². The van der Waals surface area contributed by atoms with E-state index in [4.69, 9.17) is 54.0 Å². The van der Waals surface area contributed by atoms with Crippen LogP contribution in [0.2, 0.25) is 10.0 Å². The van der Waals surface area contributed by atoms with E-state index in [1.54, 1.807) is 36.7 Å². The quantitative estimate of drug-likeness (QED) is 0.109. The Kier molecular flexibility index (Phi) is 11.9. The summed E-state index contributed by atoms with van der Waals surface area (Å²) in [5, 5.41) is 25.2. The number of nitrogens with two attached hydrogens (primary N) is 2. The van der Waals surface area contributed by atoms with E-state index in [1.165, 1.54) is 12.4 Å². The zero-order valence-corrected chi connectivity index (χ0v) is 32.4. The molecule has 0 saturated carbocycles. The van der Waals surface area contributed by atoms with Crippen LogP contribution < -0.4 is 25.7 Å². The van der Waals surface area contributed by atoms with Gasteiger partial charge in [-0.25, -0.2) is 0 Å². The highest BCUT2D eigenvalue weighted by atomic mass is 35.5. The molecule has 4 N–H and O–H groups in total. The molecule has 0 amide bonds. The number of rotatable bonds is 14. The summed E-state index contributed by atoms with van der Waals surface area (Å²) >= 11 is 13.4. The molecule has 0 radical (unpaired) electrons. The molecule has 0 aliphatic carbocycles. The summed E-state index contributed by atoms with van der Waals surface area (Å²) in [7, 11) is 0. The summed E-state index contributed by atoms with van der Waals surface area (Å²) in [6.45, 7) is 3.59. The fourth-order valence-electron chi connectivity index (χ4n) is 6.52. The van der Waals surface area contributed by atoms with Crippen LogP contribution >= 0.6 is 23.2 Å². The molecular weight excluding hydrogens is 759 g/mol. The molecule has 3 aromatic heterocycles. The Bertz CT molecular complexity index is 2680. The van der Waals surface area contributed by atoms with Crippen LogP contribution in [0.3, 0.4) is 0 Å². The van der Waals surface area contributed by atoms with Gasteiger partial charge < -0.3 is 25.7 Å². The van der Waals surface area contributed by atoms with Crippen molar-refractivity contribution >= 4 is 34.1 Å². The molecule has 11 nitrogen and oxygen atoms in total. The van der Waals surface area contributed by atoms with Crippen molar-refractivity contribution in [3.05, 3.63) is 164 Å². The molecule has 0 spiro atoms. The first kappa shape index (κ1) is 38.8. The van der Waals surface area contributed by atoms with E-state index in [0.717, 1.165) is 61.0 Å². The van der Waals surface area contributed by atoms with Crippen LogP contribution in [0, 0.1) is 29.6 Å². The molecule has 4 aromatic carbocycles. The minimum Gasteiger partial charge on any atom is -0.489 e. The van der Waals surface area contributed by atoms with Gasteiger partial charge in [0, 0.05) is 76.6 Å². The first-order valence-electron chi connectivity index (χ1n) is 17.9. The SMILES string of the molecule is Cc1c(COc2cc(OCc3cncc(C#N)c3)c(CN)cc2Cl)cccc1-c1cccc2c1cnn2Cc1cc(OCc2cncc(C#N)c2)c(CN)cc1Cl. The molecule has 0 saturated heterocycles. The molecule has 0 unspecified atom stereocenters. The van der Waals surface area contributed by atoms with Gasteiger partial charge in [-0.15, -0.1) is 0 Å². The van der Waals surface area contributed by atoms with Crippen molar-refractivity contribution in [1.82, 2.24) is 19.7 Å². The van der Waals surface area contributed by atoms with Crippen LogP contribution in [0.4, 0.5) is 0 Å². The number of ether oxygens (including phenoxy) is 3. The van der Waals surface area contributed by atoms with Crippen LogP contribution in [-0.2, 0) is 39.5 Å². The first-order chi connectivity index (χ1) is 27.8. The van der Waals surface area contributed by atoms with E-state index < -0.39 is 0 Å². The fraction of sp³-hybridized carbons (Fsp3) is 0.159. The summed E-state index contributed by atoms with van der Waals surface area (Å²) in [6.07, 6.45) is 8.20. The van der Waals surface area contributed by atoms with E-state index in [0.29, 0.717) is 45.0 Å². The molecule has 57 heavy (non-hydrogen) atoms. The number of fused-ring (bicyclic) bond motifs is 1. The maximum absolute atomic E-state index is 9.25. The smallest absolute Gasteiger partial charge is 0.142 e. The third-order valence-corrected chi connectivity index (χ3v) is 10.2. The van der Waals surface area contributed by atoms with Crippen molar-refractivity contribution in [2.45, 2.75) is 46.4 Å². The Balaban J connectivity index is 1.10. The maximum Gasteiger partial charge on any atom is 0.142 e. The van der Waals surface area contributed by atoms with Gasteiger partial charge in [-0.3, -0.25) is 14.6 Å². The molecule has 7 aromatic rings. The third-order valence-electron chi connectivity index (χ3n) is 9.55. The molecular formula is C44H36Cl2N8O3. The first-order valence-corrected chi connectivity index (χ1v) is 18.7. The van der Waals surface area contributed by atoms with Gasteiger partial charge in [0.05, 0.1) is 34.4 Å². The predicted octanol–water partition coefficient (Wildman–Crippen LogP) is 8.55. The van der Waals surface area contributed by atoms with Gasteiger partial charge in [0.25, 0.3) is 0 Å². The number of pyridine rings is 2. The lowest BCUT2D eigenvalue weighted by molar-refractivity contribution is 0.287. The average molecular weight is 796 g/mol. The molecule has 0 aliphatic heterocycles. The van der Waals surface area contributed by atoms with E-state index in [1.807, 2.05) is 47.3 Å². The van der Waals surface area contributed by atoms with Gasteiger partial charge in [0.15, 0.2) is 0 Å². The lowest BCUT2D eigenvalue weighted by atomic mass is 9.94. The van der Waals surface area contributed by atoms with Crippen LogP contribution in [0.1, 0.15) is 50.1 Å². The van der Waals surface area contributed by atoms with Crippen molar-refractivity contribution < 1.29 is 14.2 Å². The molecule has 0 bridgehead atoms. The largest absolute Gasteiger partial charge is 0.489 e. The Hall–Kier alpha value is -6.47. The Morgan fingerprint density at radius 1 is 0.632 bits per heavy atom. The molecule has 3 heterocycles. The third kappa shape index (κ3) is 8.68. The predicted molar refractivity (Wildman–Crippen MR) is 219 cm³/mol. The van der Waals surface area contributed by atoms with Crippen LogP contribution in [0.15, 0.2) is 104 Å². The van der Waals surface area contributed by atoms with Crippen molar-refractivity contribution in [3.8, 4) is 40.5 Å². The van der Waals surface area contributed by atoms with Crippen LogP contribution in [-0.4, -0.2) is 19.7 Å². The number of benzene rings is 4. The second kappa shape index (κ2) is 17.5. The van der Waals surface area contributed by atoms with Gasteiger partial charge in [0.1, 0.15) is 49.2 Å². The highest BCUT2D eigenvalue weighted by Gasteiger charge is 2.17. The monoisotopic (exact) mass is 794 g/mol. The molecule has 0 aliphatic rings. The number of halogens is 2. The second-order valence-corrected chi connectivity index (χ2v) is 14.0. The summed E-state index contributed by atoms with van der Waals surface area (Å²) in [5.41, 5.74) is 21.8. The minimum absolute atomic E-state index is 0.196. The highest BCUT2D eigenvalue weighted by molar-refractivity contribution is 6.32. The topological polar surface area (TPSA) is 171 Å². The number of nitriles is 2. The zero-order chi connectivity index (χ0) is 39.9. The lowest BCUT2D eigenvalue weighted by Crippen LogP contribution is -2.07. The summed E-state index contributed by atoms with van der Waals surface area (Å²) in [6, 6.07) is 27.1. The van der Waals surface area contributed by atoms with E-state index in [2.05, 4.69) is 41.2 Å². The number of hydrogen-bond donors (Lipinski definition) is 2. The van der Waals surface area contributed by atoms with Gasteiger partial charge in [-0.1, -0.05) is 53.5 Å². The molecule has 0 atom stereocenters. The fourth-order valence-corrected chi connectivity index (χ4v) is 7.01.